The van der Waals surface area contributed by atoms with Gasteiger partial charge in [-0.1, -0.05) is 19.1 Å². The van der Waals surface area contributed by atoms with Gasteiger partial charge in [-0.3, -0.25) is 9.59 Å². The van der Waals surface area contributed by atoms with Gasteiger partial charge in [0.2, 0.25) is 5.91 Å². The highest BCUT2D eigenvalue weighted by molar-refractivity contribution is 5.99. The molecule has 1 atom stereocenters. The Morgan fingerprint density at radius 3 is 2.70 bits per heavy atom. The molecule has 108 valence electrons. The van der Waals surface area contributed by atoms with Crippen molar-refractivity contribution in [2.24, 2.45) is 5.92 Å². The third kappa shape index (κ3) is 3.47. The lowest BCUT2D eigenvalue weighted by molar-refractivity contribution is -0.130. The molecule has 1 fully saturated rings. The van der Waals surface area contributed by atoms with Gasteiger partial charge >= 0.3 is 0 Å². The van der Waals surface area contributed by atoms with Crippen LogP contribution in [0.15, 0.2) is 18.2 Å². The van der Waals surface area contributed by atoms with Crippen molar-refractivity contribution in [1.29, 1.82) is 0 Å². The minimum atomic E-state index is 0.0380. The van der Waals surface area contributed by atoms with Gasteiger partial charge in [-0.25, -0.2) is 0 Å². The van der Waals surface area contributed by atoms with E-state index in [1.54, 1.807) is 4.90 Å². The number of Topliss-reactive ketones (excluding diaryl/α,β-unsaturated/α-hetero) is 1. The van der Waals surface area contributed by atoms with Crippen LogP contribution in [0.5, 0.6) is 0 Å². The van der Waals surface area contributed by atoms with E-state index in [0.29, 0.717) is 24.4 Å². The van der Waals surface area contributed by atoms with Crippen molar-refractivity contribution >= 4 is 11.7 Å². The SMILES string of the molecule is Cc1ccc(C(=O)CN2CCC(C)CCC2=O)cc1C. The summed E-state index contributed by atoms with van der Waals surface area (Å²) in [6.45, 7) is 7.13. The average Bonchev–Trinajstić information content (AvgIpc) is 2.57. The van der Waals surface area contributed by atoms with Crippen LogP contribution >= 0.6 is 0 Å². The number of hydrogen-bond donors (Lipinski definition) is 0. The van der Waals surface area contributed by atoms with Gasteiger partial charge in [0.15, 0.2) is 5.78 Å². The van der Waals surface area contributed by atoms with Crippen molar-refractivity contribution in [1.82, 2.24) is 4.90 Å². The fraction of sp³-hybridized carbons (Fsp3) is 0.529. The summed E-state index contributed by atoms with van der Waals surface area (Å²) in [5, 5.41) is 0. The summed E-state index contributed by atoms with van der Waals surface area (Å²) in [5.41, 5.74) is 3.01. The Balaban J connectivity index is 2.06. The maximum atomic E-state index is 12.3. The zero-order valence-corrected chi connectivity index (χ0v) is 12.6. The van der Waals surface area contributed by atoms with Crippen LogP contribution in [0.3, 0.4) is 0 Å². The number of amides is 1. The van der Waals surface area contributed by atoms with Crippen LogP contribution < -0.4 is 0 Å². The van der Waals surface area contributed by atoms with Crippen molar-refractivity contribution < 1.29 is 9.59 Å². The first-order valence-electron chi connectivity index (χ1n) is 7.35. The summed E-state index contributed by atoms with van der Waals surface area (Å²) < 4.78 is 0. The van der Waals surface area contributed by atoms with Crippen LogP contribution in [-0.4, -0.2) is 29.7 Å². The van der Waals surface area contributed by atoms with Crippen molar-refractivity contribution in [2.75, 3.05) is 13.1 Å². The summed E-state index contributed by atoms with van der Waals surface area (Å²) in [4.78, 5) is 26.1. The van der Waals surface area contributed by atoms with Crippen LogP contribution in [0.25, 0.3) is 0 Å². The molecule has 1 unspecified atom stereocenters. The topological polar surface area (TPSA) is 37.4 Å². The number of rotatable bonds is 3. The summed E-state index contributed by atoms with van der Waals surface area (Å²) >= 11 is 0. The molecule has 1 aromatic carbocycles. The smallest absolute Gasteiger partial charge is 0.222 e. The van der Waals surface area contributed by atoms with Crippen LogP contribution in [0.1, 0.15) is 47.7 Å². The highest BCUT2D eigenvalue weighted by Gasteiger charge is 2.22. The third-order valence-corrected chi connectivity index (χ3v) is 4.26. The van der Waals surface area contributed by atoms with Gasteiger partial charge in [-0.05, 0) is 49.8 Å². The Labute approximate surface area is 121 Å². The molecule has 0 N–H and O–H groups in total. The molecule has 2 rings (SSSR count). The van der Waals surface area contributed by atoms with Crippen molar-refractivity contribution in [3.63, 3.8) is 0 Å². The van der Waals surface area contributed by atoms with Crippen molar-refractivity contribution in [2.45, 2.75) is 40.0 Å². The number of carbonyl (C=O) groups is 2. The molecule has 1 aromatic rings. The molecule has 0 aliphatic carbocycles. The second-order valence-electron chi connectivity index (χ2n) is 5.97. The fourth-order valence-corrected chi connectivity index (χ4v) is 2.52. The molecule has 0 radical (unpaired) electrons. The molecule has 0 spiro atoms. The second-order valence-corrected chi connectivity index (χ2v) is 5.97. The number of aryl methyl sites for hydroxylation is 2. The van der Waals surface area contributed by atoms with E-state index in [1.165, 1.54) is 5.56 Å². The van der Waals surface area contributed by atoms with E-state index in [2.05, 4.69) is 6.92 Å². The molecule has 1 aliphatic heterocycles. The van der Waals surface area contributed by atoms with E-state index in [0.717, 1.165) is 18.4 Å². The summed E-state index contributed by atoms with van der Waals surface area (Å²) in [5.74, 6) is 0.725. The highest BCUT2D eigenvalue weighted by atomic mass is 16.2. The summed E-state index contributed by atoms with van der Waals surface area (Å²) in [7, 11) is 0. The number of carbonyl (C=O) groups excluding carboxylic acids is 2. The van der Waals surface area contributed by atoms with Crippen LogP contribution in [-0.2, 0) is 4.79 Å². The first-order valence-corrected chi connectivity index (χ1v) is 7.35. The Hall–Kier alpha value is -1.64. The van der Waals surface area contributed by atoms with Gasteiger partial charge in [0, 0.05) is 18.5 Å². The molecule has 1 heterocycles. The van der Waals surface area contributed by atoms with Crippen molar-refractivity contribution in [3.05, 3.63) is 34.9 Å². The fourth-order valence-electron chi connectivity index (χ4n) is 2.52. The lowest BCUT2D eigenvalue weighted by atomic mass is 10.0. The Kier molecular flexibility index (Phi) is 4.58. The maximum Gasteiger partial charge on any atom is 0.222 e. The number of nitrogens with zero attached hydrogens (tertiary/aromatic N) is 1. The van der Waals surface area contributed by atoms with E-state index in [1.807, 2.05) is 32.0 Å². The Morgan fingerprint density at radius 2 is 2.00 bits per heavy atom. The maximum absolute atomic E-state index is 12.3. The van der Waals surface area contributed by atoms with Gasteiger partial charge < -0.3 is 4.90 Å². The first-order chi connectivity index (χ1) is 9.47. The largest absolute Gasteiger partial charge is 0.335 e. The normalized spacial score (nSPS) is 19.9. The molecule has 1 amide bonds. The minimum absolute atomic E-state index is 0.0380. The monoisotopic (exact) mass is 273 g/mol. The highest BCUT2D eigenvalue weighted by Crippen LogP contribution is 2.18. The molecule has 1 saturated heterocycles. The zero-order chi connectivity index (χ0) is 14.7. The van der Waals surface area contributed by atoms with Gasteiger partial charge in [-0.2, -0.15) is 0 Å². The van der Waals surface area contributed by atoms with Crippen LogP contribution in [0.2, 0.25) is 0 Å². The number of likely N-dealkylation sites (tertiary alicyclic amines) is 1. The first kappa shape index (κ1) is 14.8. The lowest BCUT2D eigenvalue weighted by Gasteiger charge is -2.20. The van der Waals surface area contributed by atoms with E-state index in [4.69, 9.17) is 0 Å². The molecule has 3 nitrogen and oxygen atoms in total. The van der Waals surface area contributed by atoms with Gasteiger partial charge in [-0.15, -0.1) is 0 Å². The zero-order valence-electron chi connectivity index (χ0n) is 12.6. The second kappa shape index (κ2) is 6.21. The molecular weight excluding hydrogens is 250 g/mol. The van der Waals surface area contributed by atoms with Gasteiger partial charge in [0.1, 0.15) is 0 Å². The molecule has 1 aliphatic rings. The summed E-state index contributed by atoms with van der Waals surface area (Å²) in [6, 6.07) is 5.74. The molecule has 20 heavy (non-hydrogen) atoms. The Morgan fingerprint density at radius 1 is 1.25 bits per heavy atom. The molecule has 0 saturated carbocycles. The standard InChI is InChI=1S/C17H23NO2/c1-12-4-7-17(20)18(9-8-12)11-16(19)15-6-5-13(2)14(3)10-15/h5-6,10,12H,4,7-9,11H2,1-3H3. The van der Waals surface area contributed by atoms with Crippen LogP contribution in [0, 0.1) is 19.8 Å². The number of ketones is 1. The summed E-state index contributed by atoms with van der Waals surface area (Å²) in [6.07, 6.45) is 2.50. The number of hydrogen-bond acceptors (Lipinski definition) is 2. The van der Waals surface area contributed by atoms with Gasteiger partial charge in [0.25, 0.3) is 0 Å². The van der Waals surface area contributed by atoms with E-state index in [9.17, 15) is 9.59 Å². The lowest BCUT2D eigenvalue weighted by Crippen LogP contribution is -2.35. The minimum Gasteiger partial charge on any atom is -0.335 e. The van der Waals surface area contributed by atoms with E-state index in [-0.39, 0.29) is 18.2 Å². The quantitative estimate of drug-likeness (QED) is 0.793. The molecular formula is C17H23NO2. The van der Waals surface area contributed by atoms with E-state index >= 15 is 0 Å². The molecule has 3 heteroatoms. The predicted octanol–water partition coefficient (Wildman–Crippen LogP) is 3.13. The van der Waals surface area contributed by atoms with E-state index < -0.39 is 0 Å². The third-order valence-electron chi connectivity index (χ3n) is 4.26. The Bertz CT molecular complexity index is 522. The van der Waals surface area contributed by atoms with Crippen LogP contribution in [0.4, 0.5) is 0 Å². The average molecular weight is 273 g/mol. The number of benzene rings is 1. The molecule has 0 aromatic heterocycles. The van der Waals surface area contributed by atoms with Crippen molar-refractivity contribution in [3.8, 4) is 0 Å². The van der Waals surface area contributed by atoms with Gasteiger partial charge in [0.05, 0.1) is 6.54 Å². The molecule has 0 bridgehead atoms. The predicted molar refractivity (Wildman–Crippen MR) is 79.8 cm³/mol.